The Balaban J connectivity index is 2.01. The van der Waals surface area contributed by atoms with Crippen LogP contribution in [0.1, 0.15) is 24.1 Å². The average molecular weight is 327 g/mol. The highest BCUT2D eigenvalue weighted by Gasteiger charge is 2.23. The van der Waals surface area contributed by atoms with Crippen molar-refractivity contribution in [2.75, 3.05) is 25.1 Å². The zero-order valence-electron chi connectivity index (χ0n) is 13.9. The molecule has 2 heterocycles. The molecule has 1 aromatic heterocycles. The summed E-state index contributed by atoms with van der Waals surface area (Å²) >= 11 is 0. The van der Waals surface area contributed by atoms with Crippen LogP contribution in [0.2, 0.25) is 0 Å². The first-order valence-electron chi connectivity index (χ1n) is 7.97. The van der Waals surface area contributed by atoms with E-state index in [1.807, 2.05) is 41.9 Å². The first kappa shape index (κ1) is 16.0. The number of benzene rings is 1. The fourth-order valence-electron chi connectivity index (χ4n) is 2.86. The van der Waals surface area contributed by atoms with E-state index in [2.05, 4.69) is 25.3 Å². The Bertz CT molecular complexity index is 733. The summed E-state index contributed by atoms with van der Waals surface area (Å²) in [5, 5.41) is 8.67. The van der Waals surface area contributed by atoms with Crippen molar-refractivity contribution in [3.05, 3.63) is 41.6 Å². The van der Waals surface area contributed by atoms with Gasteiger partial charge in [-0.3, -0.25) is 0 Å². The number of hydrogen-bond donors (Lipinski definition) is 1. The van der Waals surface area contributed by atoms with Crippen LogP contribution in [0.5, 0.6) is 0 Å². The van der Waals surface area contributed by atoms with Crippen molar-refractivity contribution in [2.45, 2.75) is 19.8 Å². The number of amides is 1. The Morgan fingerprint density at radius 1 is 1.29 bits per heavy atom. The van der Waals surface area contributed by atoms with Crippen LogP contribution in [-0.4, -0.2) is 42.3 Å². The summed E-state index contributed by atoms with van der Waals surface area (Å²) in [7, 11) is 1.30. The van der Waals surface area contributed by atoms with Gasteiger partial charge >= 0.3 is 6.09 Å². The number of hydrazone groups is 1. The Hall–Kier alpha value is -2.83. The third kappa shape index (κ3) is 3.24. The Morgan fingerprint density at radius 3 is 2.67 bits per heavy atom. The van der Waals surface area contributed by atoms with Gasteiger partial charge in [0, 0.05) is 13.1 Å². The summed E-state index contributed by atoms with van der Waals surface area (Å²) < 4.78 is 6.47. The first-order chi connectivity index (χ1) is 11.7. The quantitative estimate of drug-likeness (QED) is 0.692. The average Bonchev–Trinajstić information content (AvgIpc) is 3.24. The maximum atomic E-state index is 11.2. The van der Waals surface area contributed by atoms with Crippen LogP contribution in [0.4, 0.5) is 10.6 Å². The molecule has 0 atom stereocenters. The summed E-state index contributed by atoms with van der Waals surface area (Å²) in [5.41, 5.74) is 5.09. The molecule has 1 N–H and O–H groups in total. The van der Waals surface area contributed by atoms with Gasteiger partial charge in [0.1, 0.15) is 5.82 Å². The van der Waals surface area contributed by atoms with Gasteiger partial charge in [-0.05, 0) is 31.9 Å². The summed E-state index contributed by atoms with van der Waals surface area (Å²) in [6, 6.07) is 10.0. The van der Waals surface area contributed by atoms with Gasteiger partial charge in [0.05, 0.1) is 30.3 Å². The van der Waals surface area contributed by atoms with Crippen molar-refractivity contribution >= 4 is 18.1 Å². The van der Waals surface area contributed by atoms with Gasteiger partial charge < -0.3 is 9.64 Å². The van der Waals surface area contributed by atoms with E-state index in [4.69, 9.17) is 0 Å². The van der Waals surface area contributed by atoms with E-state index in [1.165, 1.54) is 7.11 Å². The number of carbonyl (C=O) groups is 1. The third-order valence-corrected chi connectivity index (χ3v) is 4.02. The molecule has 1 aliphatic rings. The van der Waals surface area contributed by atoms with Crippen LogP contribution in [-0.2, 0) is 4.74 Å². The Kier molecular flexibility index (Phi) is 4.79. The monoisotopic (exact) mass is 327 g/mol. The lowest BCUT2D eigenvalue weighted by Gasteiger charge is -2.20. The van der Waals surface area contributed by atoms with E-state index in [0.717, 1.165) is 48.7 Å². The molecule has 1 aromatic carbocycles. The number of carbonyl (C=O) groups excluding carboxylic acids is 1. The molecule has 1 amide bonds. The fourth-order valence-corrected chi connectivity index (χ4v) is 2.86. The number of para-hydroxylation sites is 1. The van der Waals surface area contributed by atoms with Crippen molar-refractivity contribution in [1.82, 2.24) is 15.2 Å². The number of nitrogens with zero attached hydrogens (tertiary/aromatic N) is 4. The number of anilines is 1. The number of aromatic nitrogens is 2. The summed E-state index contributed by atoms with van der Waals surface area (Å²) in [6.45, 7) is 3.92. The van der Waals surface area contributed by atoms with E-state index < -0.39 is 6.09 Å². The van der Waals surface area contributed by atoms with Crippen molar-refractivity contribution in [3.8, 4) is 5.69 Å². The van der Waals surface area contributed by atoms with Gasteiger partial charge in [-0.15, -0.1) is 0 Å². The zero-order chi connectivity index (χ0) is 16.9. The highest BCUT2D eigenvalue weighted by Crippen LogP contribution is 2.28. The molecule has 24 heavy (non-hydrogen) atoms. The summed E-state index contributed by atoms with van der Waals surface area (Å²) in [4.78, 5) is 13.5. The van der Waals surface area contributed by atoms with Crippen molar-refractivity contribution in [1.29, 1.82) is 0 Å². The summed E-state index contributed by atoms with van der Waals surface area (Å²) in [6.07, 6.45) is 3.36. The second-order valence-electron chi connectivity index (χ2n) is 5.63. The molecule has 0 radical (unpaired) electrons. The number of methoxy groups -OCH3 is 1. The van der Waals surface area contributed by atoms with Gasteiger partial charge in [0.2, 0.25) is 0 Å². The number of rotatable bonds is 4. The Labute approximate surface area is 140 Å². The predicted molar refractivity (Wildman–Crippen MR) is 92.9 cm³/mol. The molecule has 0 saturated carbocycles. The molecular formula is C17H21N5O2. The van der Waals surface area contributed by atoms with E-state index in [-0.39, 0.29) is 0 Å². The molecule has 1 fully saturated rings. The number of ether oxygens (including phenoxy) is 1. The van der Waals surface area contributed by atoms with Crippen LogP contribution in [0.25, 0.3) is 5.69 Å². The molecule has 0 bridgehead atoms. The smallest absolute Gasteiger partial charge is 0.427 e. The fraction of sp³-hybridized carbons (Fsp3) is 0.353. The minimum Gasteiger partial charge on any atom is -0.452 e. The molecule has 0 spiro atoms. The van der Waals surface area contributed by atoms with E-state index in [0.29, 0.717) is 0 Å². The van der Waals surface area contributed by atoms with Crippen LogP contribution in [0.3, 0.4) is 0 Å². The Morgan fingerprint density at radius 2 is 2.00 bits per heavy atom. The molecule has 1 aliphatic heterocycles. The van der Waals surface area contributed by atoms with E-state index >= 15 is 0 Å². The number of hydrogen-bond acceptors (Lipinski definition) is 5. The topological polar surface area (TPSA) is 71.7 Å². The maximum Gasteiger partial charge on any atom is 0.427 e. The van der Waals surface area contributed by atoms with Gasteiger partial charge in [0.25, 0.3) is 0 Å². The van der Waals surface area contributed by atoms with Crippen LogP contribution in [0, 0.1) is 6.92 Å². The van der Waals surface area contributed by atoms with Crippen molar-refractivity contribution in [3.63, 3.8) is 0 Å². The molecular weight excluding hydrogens is 306 g/mol. The van der Waals surface area contributed by atoms with Crippen LogP contribution in [0.15, 0.2) is 35.4 Å². The molecule has 0 aliphatic carbocycles. The lowest BCUT2D eigenvalue weighted by molar-refractivity contribution is 0.171. The summed E-state index contributed by atoms with van der Waals surface area (Å²) in [5.74, 6) is 1.01. The normalized spacial score (nSPS) is 14.3. The second-order valence-corrected chi connectivity index (χ2v) is 5.63. The lowest BCUT2D eigenvalue weighted by Crippen LogP contribution is -2.23. The molecule has 1 saturated heterocycles. The second kappa shape index (κ2) is 7.16. The molecule has 3 rings (SSSR count). The first-order valence-corrected chi connectivity index (χ1v) is 7.97. The third-order valence-electron chi connectivity index (χ3n) is 4.02. The zero-order valence-corrected chi connectivity index (χ0v) is 13.9. The molecule has 126 valence electrons. The standard InChI is InChI=1S/C17H21N5O2/c1-13-15(12-18-19-17(23)24-2)16(21-10-6-7-11-21)22(20-13)14-8-4-3-5-9-14/h3-5,8-9,12H,6-7,10-11H2,1-2H3,(H,19,23)/b18-12+. The van der Waals surface area contributed by atoms with Gasteiger partial charge in [-0.25, -0.2) is 14.9 Å². The maximum absolute atomic E-state index is 11.2. The lowest BCUT2D eigenvalue weighted by atomic mass is 10.2. The largest absolute Gasteiger partial charge is 0.452 e. The minimum atomic E-state index is -0.595. The molecule has 7 nitrogen and oxygen atoms in total. The highest BCUT2D eigenvalue weighted by molar-refractivity contribution is 5.89. The molecule has 0 unspecified atom stereocenters. The van der Waals surface area contributed by atoms with E-state index in [1.54, 1.807) is 6.21 Å². The molecule has 2 aromatic rings. The van der Waals surface area contributed by atoms with Gasteiger partial charge in [0.15, 0.2) is 0 Å². The van der Waals surface area contributed by atoms with Crippen LogP contribution >= 0.6 is 0 Å². The van der Waals surface area contributed by atoms with Crippen molar-refractivity contribution in [2.24, 2.45) is 5.10 Å². The predicted octanol–water partition coefficient (Wildman–Crippen LogP) is 2.47. The van der Waals surface area contributed by atoms with Gasteiger partial charge in [-0.1, -0.05) is 18.2 Å². The van der Waals surface area contributed by atoms with Gasteiger partial charge in [-0.2, -0.15) is 10.2 Å². The van der Waals surface area contributed by atoms with E-state index in [9.17, 15) is 4.79 Å². The SMILES string of the molecule is COC(=O)N/N=C/c1c(C)nn(-c2ccccc2)c1N1CCCC1. The number of aryl methyl sites for hydroxylation is 1. The minimum absolute atomic E-state index is 0.595. The number of nitrogens with one attached hydrogen (secondary N) is 1. The highest BCUT2D eigenvalue weighted by atomic mass is 16.5. The van der Waals surface area contributed by atoms with Crippen molar-refractivity contribution < 1.29 is 9.53 Å². The van der Waals surface area contributed by atoms with Crippen LogP contribution < -0.4 is 10.3 Å². The molecule has 7 heteroatoms.